The normalized spacial score (nSPS) is 18.5. The molecule has 0 bridgehead atoms. The van der Waals surface area contributed by atoms with Crippen LogP contribution in [0.3, 0.4) is 0 Å². The Morgan fingerprint density at radius 2 is 1.73 bits per heavy atom. The highest BCUT2D eigenvalue weighted by atomic mass is 32.2. The van der Waals surface area contributed by atoms with Gasteiger partial charge in [-0.05, 0) is 31.2 Å². The quantitative estimate of drug-likeness (QED) is 0.474. The number of nitrogens with zero attached hydrogens (tertiary/aromatic N) is 5. The molecule has 9 nitrogen and oxygen atoms in total. The Bertz CT molecular complexity index is 1430. The number of amides is 1. The maximum Gasteiger partial charge on any atom is 0.263 e. The molecule has 0 N–H and O–H groups in total. The number of benzene rings is 1. The van der Waals surface area contributed by atoms with Crippen LogP contribution in [0.4, 0.5) is 0 Å². The molecule has 0 atom stereocenters. The summed E-state index contributed by atoms with van der Waals surface area (Å²) in [4.78, 5) is 36.0. The number of rotatable bonds is 6. The van der Waals surface area contributed by atoms with E-state index in [1.807, 2.05) is 18.2 Å². The highest BCUT2D eigenvalue weighted by Crippen LogP contribution is 2.34. The van der Waals surface area contributed by atoms with Gasteiger partial charge in [-0.1, -0.05) is 37.3 Å². The average Bonchev–Trinajstić information content (AvgIpc) is 3.24. The van der Waals surface area contributed by atoms with Gasteiger partial charge in [0, 0.05) is 50.7 Å². The molecular formula is C26H33N5O4S2. The van der Waals surface area contributed by atoms with Crippen molar-refractivity contribution in [2.45, 2.75) is 44.7 Å². The molecule has 37 heavy (non-hydrogen) atoms. The number of thiophene rings is 1. The molecule has 2 aliphatic heterocycles. The number of piperidine rings is 1. The van der Waals surface area contributed by atoms with Crippen LogP contribution in [0.1, 0.15) is 30.2 Å². The van der Waals surface area contributed by atoms with E-state index >= 15 is 0 Å². The molecule has 3 aromatic rings. The number of carbonyl (C=O) groups is 1. The van der Waals surface area contributed by atoms with Gasteiger partial charge >= 0.3 is 0 Å². The lowest BCUT2D eigenvalue weighted by Gasteiger charge is -2.34. The highest BCUT2D eigenvalue weighted by molar-refractivity contribution is 7.89. The highest BCUT2D eigenvalue weighted by Gasteiger charge is 2.34. The van der Waals surface area contributed by atoms with Crippen LogP contribution in [-0.4, -0.2) is 77.2 Å². The number of aryl methyl sites for hydroxylation is 1. The largest absolute Gasteiger partial charge is 0.339 e. The van der Waals surface area contributed by atoms with Gasteiger partial charge < -0.3 is 4.90 Å². The third-order valence-corrected chi connectivity index (χ3v) is 10.6. The van der Waals surface area contributed by atoms with Crippen molar-refractivity contribution in [2.24, 2.45) is 5.92 Å². The van der Waals surface area contributed by atoms with E-state index in [0.717, 1.165) is 32.5 Å². The topological polar surface area (TPSA) is 95.8 Å². The molecule has 2 aliphatic rings. The van der Waals surface area contributed by atoms with E-state index in [9.17, 15) is 18.0 Å². The Labute approximate surface area is 221 Å². The van der Waals surface area contributed by atoms with Crippen molar-refractivity contribution in [3.05, 3.63) is 57.5 Å². The molecular weight excluding hydrogens is 510 g/mol. The number of carbonyl (C=O) groups excluding carboxylic acids is 1. The lowest BCUT2D eigenvalue weighted by molar-refractivity contribution is -0.133. The number of fused-ring (bicyclic) bond motifs is 1. The third kappa shape index (κ3) is 5.36. The summed E-state index contributed by atoms with van der Waals surface area (Å²) in [5, 5.41) is 0.101. The number of hydrogen-bond acceptors (Lipinski definition) is 7. The van der Waals surface area contributed by atoms with Crippen LogP contribution in [-0.2, 0) is 27.9 Å². The molecule has 198 valence electrons. The van der Waals surface area contributed by atoms with Gasteiger partial charge in [-0.2, -0.15) is 4.31 Å². The van der Waals surface area contributed by atoms with Crippen LogP contribution >= 0.6 is 11.3 Å². The fourth-order valence-electron chi connectivity index (χ4n) is 5.13. The summed E-state index contributed by atoms with van der Waals surface area (Å²) in [5.74, 6) is 0.320. The van der Waals surface area contributed by atoms with E-state index in [2.05, 4.69) is 28.9 Å². The first-order chi connectivity index (χ1) is 17.7. The standard InChI is InChI=1S/C26H33N5O4S2/c1-19-8-10-31(11-9-19)37(34,35)24-20(2)36-25-23(24)26(33)30(18-27-25)17-22(32)29-14-12-28(13-15-29)16-21-6-4-3-5-7-21/h3-7,18-19H,8-17H2,1-2H3. The van der Waals surface area contributed by atoms with Gasteiger partial charge in [0.25, 0.3) is 5.56 Å². The second-order valence-corrected chi connectivity index (χ2v) is 13.2. The van der Waals surface area contributed by atoms with E-state index in [0.29, 0.717) is 41.8 Å². The van der Waals surface area contributed by atoms with Crippen LogP contribution in [0.15, 0.2) is 46.3 Å². The first-order valence-electron chi connectivity index (χ1n) is 12.8. The zero-order valence-electron chi connectivity index (χ0n) is 21.3. The fraction of sp³-hybridized carbons (Fsp3) is 0.500. The summed E-state index contributed by atoms with van der Waals surface area (Å²) in [6.07, 6.45) is 2.97. The molecule has 11 heteroatoms. The van der Waals surface area contributed by atoms with Gasteiger partial charge in [-0.15, -0.1) is 11.3 Å². The van der Waals surface area contributed by atoms with Crippen molar-refractivity contribution in [2.75, 3.05) is 39.3 Å². The van der Waals surface area contributed by atoms with Crippen molar-refractivity contribution < 1.29 is 13.2 Å². The molecule has 1 aromatic carbocycles. The predicted molar refractivity (Wildman–Crippen MR) is 144 cm³/mol. The molecule has 0 aliphatic carbocycles. The number of piperazine rings is 1. The Hall–Kier alpha value is -2.60. The molecule has 0 radical (unpaired) electrons. The molecule has 2 fully saturated rings. The Balaban J connectivity index is 1.32. The molecule has 4 heterocycles. The smallest absolute Gasteiger partial charge is 0.263 e. The van der Waals surface area contributed by atoms with E-state index < -0.39 is 15.6 Å². The third-order valence-electron chi connectivity index (χ3n) is 7.42. The van der Waals surface area contributed by atoms with Gasteiger partial charge in [0.05, 0.1) is 11.7 Å². The molecule has 5 rings (SSSR count). The van der Waals surface area contributed by atoms with Gasteiger partial charge in [0.2, 0.25) is 15.9 Å². The van der Waals surface area contributed by atoms with Crippen molar-refractivity contribution in [1.29, 1.82) is 0 Å². The van der Waals surface area contributed by atoms with Crippen LogP contribution in [0, 0.1) is 12.8 Å². The summed E-state index contributed by atoms with van der Waals surface area (Å²) in [6.45, 7) is 8.10. The maximum atomic E-state index is 13.6. The van der Waals surface area contributed by atoms with Crippen LogP contribution in [0.2, 0.25) is 0 Å². The van der Waals surface area contributed by atoms with Gasteiger partial charge in [0.1, 0.15) is 16.3 Å². The minimum absolute atomic E-state index is 0.0517. The van der Waals surface area contributed by atoms with Gasteiger partial charge in [-0.25, -0.2) is 13.4 Å². The molecule has 0 spiro atoms. The molecule has 0 saturated carbocycles. The summed E-state index contributed by atoms with van der Waals surface area (Å²) in [7, 11) is -3.83. The van der Waals surface area contributed by atoms with Gasteiger partial charge in [-0.3, -0.25) is 19.1 Å². The lowest BCUT2D eigenvalue weighted by Crippen LogP contribution is -2.49. The Morgan fingerprint density at radius 1 is 1.05 bits per heavy atom. The molecule has 2 saturated heterocycles. The lowest BCUT2D eigenvalue weighted by atomic mass is 10.0. The zero-order chi connectivity index (χ0) is 26.2. The van der Waals surface area contributed by atoms with Crippen LogP contribution in [0.25, 0.3) is 10.2 Å². The minimum atomic E-state index is -3.83. The van der Waals surface area contributed by atoms with Crippen molar-refractivity contribution >= 4 is 37.5 Å². The van der Waals surface area contributed by atoms with Crippen molar-refractivity contribution in [3.63, 3.8) is 0 Å². The number of aromatic nitrogens is 2. The van der Waals surface area contributed by atoms with E-state index in [1.165, 1.54) is 32.1 Å². The van der Waals surface area contributed by atoms with Crippen LogP contribution < -0.4 is 5.56 Å². The first-order valence-corrected chi connectivity index (χ1v) is 15.0. The van der Waals surface area contributed by atoms with E-state index in [4.69, 9.17) is 0 Å². The average molecular weight is 544 g/mol. The monoisotopic (exact) mass is 543 g/mol. The molecule has 1 amide bonds. The maximum absolute atomic E-state index is 13.6. The summed E-state index contributed by atoms with van der Waals surface area (Å²) < 4.78 is 29.9. The number of sulfonamides is 1. The fourth-order valence-corrected chi connectivity index (χ4v) is 8.27. The number of hydrogen-bond donors (Lipinski definition) is 0. The van der Waals surface area contributed by atoms with Crippen LogP contribution in [0.5, 0.6) is 0 Å². The summed E-state index contributed by atoms with van der Waals surface area (Å²) in [6, 6.07) is 10.2. The Kier molecular flexibility index (Phi) is 7.49. The van der Waals surface area contributed by atoms with Crippen molar-refractivity contribution in [3.8, 4) is 0 Å². The second-order valence-electron chi connectivity index (χ2n) is 10.1. The predicted octanol–water partition coefficient (Wildman–Crippen LogP) is 2.53. The van der Waals surface area contributed by atoms with E-state index in [-0.39, 0.29) is 22.7 Å². The first kappa shape index (κ1) is 26.0. The van der Waals surface area contributed by atoms with Gasteiger partial charge in [0.15, 0.2) is 0 Å². The Morgan fingerprint density at radius 3 is 2.41 bits per heavy atom. The minimum Gasteiger partial charge on any atom is -0.339 e. The van der Waals surface area contributed by atoms with Crippen molar-refractivity contribution in [1.82, 2.24) is 23.7 Å². The zero-order valence-corrected chi connectivity index (χ0v) is 22.9. The summed E-state index contributed by atoms with van der Waals surface area (Å²) in [5.41, 5.74) is 0.762. The summed E-state index contributed by atoms with van der Waals surface area (Å²) >= 11 is 1.21. The second kappa shape index (κ2) is 10.6. The molecule has 2 aromatic heterocycles. The van der Waals surface area contributed by atoms with E-state index in [1.54, 1.807) is 11.8 Å². The molecule has 0 unspecified atom stereocenters. The SMILES string of the molecule is Cc1sc2ncn(CC(=O)N3CCN(Cc4ccccc4)CC3)c(=O)c2c1S(=O)(=O)N1CCC(C)CC1.